The molecule has 1 aliphatic carbocycles. The highest BCUT2D eigenvalue weighted by atomic mass is 35.5. The summed E-state index contributed by atoms with van der Waals surface area (Å²) in [6, 6.07) is 7.43. The van der Waals surface area contributed by atoms with Gasteiger partial charge in [-0.05, 0) is 17.2 Å². The van der Waals surface area contributed by atoms with Crippen LogP contribution in [-0.4, -0.2) is 10.7 Å². The largest absolute Gasteiger partial charge is 0.375 e. The zero-order chi connectivity index (χ0) is 9.47. The van der Waals surface area contributed by atoms with Gasteiger partial charge < -0.3 is 5.11 Å². The second-order valence-electron chi connectivity index (χ2n) is 3.37. The molecule has 2 rings (SSSR count). The highest BCUT2D eigenvalue weighted by Crippen LogP contribution is 2.33. The van der Waals surface area contributed by atoms with E-state index in [2.05, 4.69) is 0 Å². The Morgan fingerprint density at radius 3 is 2.85 bits per heavy atom. The number of halogens is 1. The normalized spacial score (nSPS) is 25.3. The van der Waals surface area contributed by atoms with Gasteiger partial charge in [0.2, 0.25) is 0 Å². The summed E-state index contributed by atoms with van der Waals surface area (Å²) in [4.78, 5) is 0. The molecule has 0 aliphatic heterocycles. The Kier molecular flexibility index (Phi) is 1.80. The van der Waals surface area contributed by atoms with Gasteiger partial charge in [-0.1, -0.05) is 23.7 Å². The number of nitriles is 1. The van der Waals surface area contributed by atoms with E-state index in [9.17, 15) is 5.11 Å². The topological polar surface area (TPSA) is 44.0 Å². The Morgan fingerprint density at radius 2 is 2.23 bits per heavy atom. The molecule has 1 N–H and O–H groups in total. The van der Waals surface area contributed by atoms with Crippen molar-refractivity contribution in [2.24, 2.45) is 0 Å². The van der Waals surface area contributed by atoms with Crippen LogP contribution in [0.1, 0.15) is 11.1 Å². The van der Waals surface area contributed by atoms with Gasteiger partial charge >= 0.3 is 0 Å². The van der Waals surface area contributed by atoms with Gasteiger partial charge in [-0.25, -0.2) is 0 Å². The summed E-state index contributed by atoms with van der Waals surface area (Å²) >= 11 is 5.93. The van der Waals surface area contributed by atoms with E-state index in [-0.39, 0.29) is 0 Å². The average molecular weight is 194 g/mol. The Labute approximate surface area is 81.4 Å². The summed E-state index contributed by atoms with van der Waals surface area (Å²) in [5.41, 5.74) is 0.651. The lowest BCUT2D eigenvalue weighted by Crippen LogP contribution is -2.26. The smallest absolute Gasteiger partial charge is 0.159 e. The van der Waals surface area contributed by atoms with Crippen molar-refractivity contribution in [2.75, 3.05) is 0 Å². The Morgan fingerprint density at radius 1 is 1.46 bits per heavy atom. The second-order valence-corrected chi connectivity index (χ2v) is 3.78. The first-order valence-corrected chi connectivity index (χ1v) is 4.42. The van der Waals surface area contributed by atoms with E-state index in [1.54, 1.807) is 6.07 Å². The van der Waals surface area contributed by atoms with Crippen LogP contribution in [0.2, 0.25) is 5.02 Å². The molecule has 1 atom stereocenters. The van der Waals surface area contributed by atoms with Gasteiger partial charge in [0, 0.05) is 17.9 Å². The minimum Gasteiger partial charge on any atom is -0.375 e. The maximum atomic E-state index is 9.73. The highest BCUT2D eigenvalue weighted by Gasteiger charge is 2.36. The molecule has 3 heteroatoms. The summed E-state index contributed by atoms with van der Waals surface area (Å²) in [5.74, 6) is 0. The molecule has 0 spiro atoms. The molecule has 0 heterocycles. The number of hydrogen-bond acceptors (Lipinski definition) is 2. The van der Waals surface area contributed by atoms with E-state index in [4.69, 9.17) is 16.9 Å². The van der Waals surface area contributed by atoms with E-state index in [0.29, 0.717) is 17.9 Å². The van der Waals surface area contributed by atoms with Crippen LogP contribution >= 0.6 is 11.6 Å². The standard InChI is InChI=1S/C10H8ClNO/c11-9-3-1-2-7-4-10(13,6-12)5-8(7)9/h1-3,13H,4-5H2. The maximum absolute atomic E-state index is 9.73. The van der Waals surface area contributed by atoms with Crippen molar-refractivity contribution in [3.63, 3.8) is 0 Å². The fourth-order valence-corrected chi connectivity index (χ4v) is 1.98. The van der Waals surface area contributed by atoms with Crippen LogP contribution in [-0.2, 0) is 12.8 Å². The lowest BCUT2D eigenvalue weighted by Gasteiger charge is -2.09. The molecule has 2 nitrogen and oxygen atoms in total. The summed E-state index contributed by atoms with van der Waals surface area (Å²) in [6.45, 7) is 0. The predicted molar refractivity (Wildman–Crippen MR) is 49.4 cm³/mol. The molecular formula is C10H8ClNO. The molecule has 66 valence electrons. The summed E-state index contributed by atoms with van der Waals surface area (Å²) < 4.78 is 0. The Bertz CT molecular complexity index is 396. The van der Waals surface area contributed by atoms with Crippen molar-refractivity contribution in [2.45, 2.75) is 18.4 Å². The molecule has 0 radical (unpaired) electrons. The molecule has 1 aliphatic rings. The van der Waals surface area contributed by atoms with E-state index in [1.165, 1.54) is 0 Å². The van der Waals surface area contributed by atoms with Crippen LogP contribution in [0, 0.1) is 11.3 Å². The molecular weight excluding hydrogens is 186 g/mol. The van der Waals surface area contributed by atoms with E-state index in [1.807, 2.05) is 18.2 Å². The monoisotopic (exact) mass is 193 g/mol. The van der Waals surface area contributed by atoms with Gasteiger partial charge in [0.1, 0.15) is 0 Å². The van der Waals surface area contributed by atoms with Gasteiger partial charge in [0.25, 0.3) is 0 Å². The zero-order valence-corrected chi connectivity index (χ0v) is 7.67. The Hall–Kier alpha value is -1.04. The number of fused-ring (bicyclic) bond motifs is 1. The SMILES string of the molecule is N#CC1(O)Cc2cccc(Cl)c2C1. The number of nitrogens with zero attached hydrogens (tertiary/aromatic N) is 1. The Balaban J connectivity index is 2.48. The maximum Gasteiger partial charge on any atom is 0.159 e. The molecule has 0 amide bonds. The minimum atomic E-state index is -1.24. The third kappa shape index (κ3) is 1.31. The molecule has 1 aromatic rings. The van der Waals surface area contributed by atoms with Gasteiger partial charge in [-0.3, -0.25) is 0 Å². The molecule has 1 aromatic carbocycles. The lowest BCUT2D eigenvalue weighted by molar-refractivity contribution is 0.111. The first-order valence-electron chi connectivity index (χ1n) is 4.04. The first-order chi connectivity index (χ1) is 6.14. The molecule has 0 bridgehead atoms. The van der Waals surface area contributed by atoms with Crippen LogP contribution in [0.25, 0.3) is 0 Å². The first kappa shape index (κ1) is 8.55. The highest BCUT2D eigenvalue weighted by molar-refractivity contribution is 6.31. The van der Waals surface area contributed by atoms with Gasteiger partial charge in [-0.2, -0.15) is 5.26 Å². The zero-order valence-electron chi connectivity index (χ0n) is 6.92. The predicted octanol–water partition coefficient (Wildman–Crippen LogP) is 1.69. The van der Waals surface area contributed by atoms with Crippen LogP contribution in [0.3, 0.4) is 0 Å². The van der Waals surface area contributed by atoms with Gasteiger partial charge in [0.05, 0.1) is 6.07 Å². The fraction of sp³-hybridized carbons (Fsp3) is 0.300. The van der Waals surface area contributed by atoms with Crippen molar-refractivity contribution in [1.82, 2.24) is 0 Å². The molecule has 13 heavy (non-hydrogen) atoms. The molecule has 0 saturated carbocycles. The van der Waals surface area contributed by atoms with Crippen LogP contribution in [0.15, 0.2) is 18.2 Å². The molecule has 0 saturated heterocycles. The third-order valence-corrected chi connectivity index (χ3v) is 2.73. The van der Waals surface area contributed by atoms with Crippen molar-refractivity contribution in [1.29, 1.82) is 5.26 Å². The van der Waals surface area contributed by atoms with E-state index in [0.717, 1.165) is 11.1 Å². The summed E-state index contributed by atoms with van der Waals surface area (Å²) in [7, 11) is 0. The molecule has 0 fully saturated rings. The second kappa shape index (κ2) is 2.73. The van der Waals surface area contributed by atoms with E-state index >= 15 is 0 Å². The average Bonchev–Trinajstić information content (AvgIpc) is 2.45. The van der Waals surface area contributed by atoms with E-state index < -0.39 is 5.60 Å². The lowest BCUT2D eigenvalue weighted by atomic mass is 10.0. The van der Waals surface area contributed by atoms with Crippen LogP contribution in [0.4, 0.5) is 0 Å². The fourth-order valence-electron chi connectivity index (χ4n) is 1.72. The van der Waals surface area contributed by atoms with Gasteiger partial charge in [0.15, 0.2) is 5.60 Å². The van der Waals surface area contributed by atoms with Crippen molar-refractivity contribution < 1.29 is 5.11 Å². The molecule has 0 aromatic heterocycles. The number of aliphatic hydroxyl groups is 1. The number of benzene rings is 1. The van der Waals surface area contributed by atoms with Crippen LogP contribution in [0.5, 0.6) is 0 Å². The van der Waals surface area contributed by atoms with Crippen molar-refractivity contribution >= 4 is 11.6 Å². The third-order valence-electron chi connectivity index (χ3n) is 2.38. The molecule has 1 unspecified atom stereocenters. The summed E-state index contributed by atoms with van der Waals surface area (Å²) in [6.07, 6.45) is 0.734. The van der Waals surface area contributed by atoms with Crippen molar-refractivity contribution in [3.05, 3.63) is 34.3 Å². The van der Waals surface area contributed by atoms with Crippen LogP contribution < -0.4 is 0 Å². The number of rotatable bonds is 0. The summed E-state index contributed by atoms with van der Waals surface area (Å²) in [5, 5.41) is 19.1. The van der Waals surface area contributed by atoms with Gasteiger partial charge in [-0.15, -0.1) is 0 Å². The minimum absolute atomic E-state index is 0.346. The van der Waals surface area contributed by atoms with Crippen molar-refractivity contribution in [3.8, 4) is 6.07 Å². The quantitative estimate of drug-likeness (QED) is 0.638. The number of hydrogen-bond donors (Lipinski definition) is 1.